The number of benzene rings is 1. The molecule has 0 aliphatic carbocycles. The zero-order valence-electron chi connectivity index (χ0n) is 10.2. The molecule has 0 saturated heterocycles. The van der Waals surface area contributed by atoms with Crippen molar-refractivity contribution in [2.45, 2.75) is 0 Å². The standard InChI is InChI=1S/C14H9N3O3/c18-8-10-5-12(4-9-2-1-3-15-13(9)10)17-7-11(6-16-17)14(19)20/h1-8H,(H,19,20). The van der Waals surface area contributed by atoms with Gasteiger partial charge in [-0.1, -0.05) is 6.07 Å². The zero-order chi connectivity index (χ0) is 14.1. The minimum atomic E-state index is -1.05. The Labute approximate surface area is 113 Å². The molecule has 6 heteroatoms. The second-order valence-corrected chi connectivity index (χ2v) is 4.21. The molecule has 0 atom stereocenters. The first-order chi connectivity index (χ1) is 9.69. The van der Waals surface area contributed by atoms with Crippen LogP contribution >= 0.6 is 0 Å². The van der Waals surface area contributed by atoms with Gasteiger partial charge in [-0.2, -0.15) is 5.10 Å². The predicted octanol–water partition coefficient (Wildman–Crippen LogP) is 1.93. The average molecular weight is 267 g/mol. The molecule has 2 aromatic heterocycles. The second kappa shape index (κ2) is 4.58. The third kappa shape index (κ3) is 1.93. The average Bonchev–Trinajstić information content (AvgIpc) is 2.96. The number of carboxylic acids is 1. The van der Waals surface area contributed by atoms with Crippen LogP contribution in [0.4, 0.5) is 0 Å². The number of aromatic carboxylic acids is 1. The van der Waals surface area contributed by atoms with Gasteiger partial charge >= 0.3 is 5.97 Å². The lowest BCUT2D eigenvalue weighted by Crippen LogP contribution is -1.98. The van der Waals surface area contributed by atoms with Crippen LogP contribution < -0.4 is 0 Å². The fraction of sp³-hybridized carbons (Fsp3) is 0. The number of aldehydes is 1. The zero-order valence-corrected chi connectivity index (χ0v) is 10.2. The van der Waals surface area contributed by atoms with Crippen molar-refractivity contribution in [1.29, 1.82) is 0 Å². The van der Waals surface area contributed by atoms with Crippen molar-refractivity contribution in [3.05, 3.63) is 54.0 Å². The SMILES string of the molecule is O=Cc1cc(-n2cc(C(=O)O)cn2)cc2cccnc12. The Morgan fingerprint density at radius 1 is 1.35 bits per heavy atom. The van der Waals surface area contributed by atoms with Gasteiger partial charge in [0.1, 0.15) is 0 Å². The highest BCUT2D eigenvalue weighted by Crippen LogP contribution is 2.20. The van der Waals surface area contributed by atoms with Crippen molar-refractivity contribution in [1.82, 2.24) is 14.8 Å². The number of nitrogens with zero attached hydrogens (tertiary/aromatic N) is 3. The molecule has 0 saturated carbocycles. The third-order valence-corrected chi connectivity index (χ3v) is 2.94. The van der Waals surface area contributed by atoms with Crippen LogP contribution in [-0.4, -0.2) is 32.1 Å². The number of carbonyl (C=O) groups excluding carboxylic acids is 1. The molecule has 0 aliphatic rings. The van der Waals surface area contributed by atoms with E-state index in [1.165, 1.54) is 17.1 Å². The molecule has 0 radical (unpaired) electrons. The maximum absolute atomic E-state index is 11.2. The first-order valence-corrected chi connectivity index (χ1v) is 5.81. The van der Waals surface area contributed by atoms with E-state index in [2.05, 4.69) is 10.1 Å². The first kappa shape index (κ1) is 12.0. The summed E-state index contributed by atoms with van der Waals surface area (Å²) in [6, 6.07) is 7.03. The molecule has 3 rings (SSSR count). The third-order valence-electron chi connectivity index (χ3n) is 2.94. The lowest BCUT2D eigenvalue weighted by molar-refractivity contribution is 0.0696. The summed E-state index contributed by atoms with van der Waals surface area (Å²) in [6.07, 6.45) is 5.00. The van der Waals surface area contributed by atoms with Crippen molar-refractivity contribution in [2.24, 2.45) is 0 Å². The van der Waals surface area contributed by atoms with Crippen molar-refractivity contribution in [2.75, 3.05) is 0 Å². The Hall–Kier alpha value is -3.02. The normalized spacial score (nSPS) is 10.6. The molecule has 1 aromatic carbocycles. The molecular formula is C14H9N3O3. The summed E-state index contributed by atoms with van der Waals surface area (Å²) in [5, 5.41) is 13.7. The largest absolute Gasteiger partial charge is 0.478 e. The number of fused-ring (bicyclic) bond motifs is 1. The van der Waals surface area contributed by atoms with Gasteiger partial charge in [0.15, 0.2) is 6.29 Å². The highest BCUT2D eigenvalue weighted by molar-refractivity contribution is 5.97. The van der Waals surface area contributed by atoms with Crippen molar-refractivity contribution in [3.63, 3.8) is 0 Å². The van der Waals surface area contributed by atoms with Crippen LogP contribution in [0.5, 0.6) is 0 Å². The van der Waals surface area contributed by atoms with E-state index in [1.807, 2.05) is 6.07 Å². The topological polar surface area (TPSA) is 85.1 Å². The first-order valence-electron chi connectivity index (χ1n) is 5.81. The van der Waals surface area contributed by atoms with Gasteiger partial charge in [0.2, 0.25) is 0 Å². The lowest BCUT2D eigenvalue weighted by atomic mass is 10.1. The molecule has 2 heterocycles. The van der Waals surface area contributed by atoms with E-state index in [4.69, 9.17) is 5.11 Å². The lowest BCUT2D eigenvalue weighted by Gasteiger charge is -2.05. The van der Waals surface area contributed by atoms with Gasteiger partial charge < -0.3 is 5.11 Å². The van der Waals surface area contributed by atoms with Gasteiger partial charge in [0.25, 0.3) is 0 Å². The van der Waals surface area contributed by atoms with Gasteiger partial charge in [-0.15, -0.1) is 0 Å². The Morgan fingerprint density at radius 2 is 2.20 bits per heavy atom. The maximum atomic E-state index is 11.2. The van der Waals surface area contributed by atoms with Crippen LogP contribution in [0, 0.1) is 0 Å². The molecule has 20 heavy (non-hydrogen) atoms. The van der Waals surface area contributed by atoms with Crippen LogP contribution in [0.2, 0.25) is 0 Å². The monoisotopic (exact) mass is 267 g/mol. The van der Waals surface area contributed by atoms with Gasteiger partial charge in [0, 0.05) is 23.3 Å². The molecule has 3 aromatic rings. The number of hydrogen-bond donors (Lipinski definition) is 1. The number of rotatable bonds is 3. The van der Waals surface area contributed by atoms with Crippen LogP contribution in [0.3, 0.4) is 0 Å². The molecule has 0 unspecified atom stereocenters. The molecule has 98 valence electrons. The summed E-state index contributed by atoms with van der Waals surface area (Å²) in [5.41, 5.74) is 1.74. The number of carboxylic acid groups (broad SMARTS) is 1. The molecule has 0 fully saturated rings. The summed E-state index contributed by atoms with van der Waals surface area (Å²) in [4.78, 5) is 26.2. The Kier molecular flexibility index (Phi) is 2.76. The smallest absolute Gasteiger partial charge is 0.338 e. The molecular weight excluding hydrogens is 258 g/mol. The molecule has 0 spiro atoms. The summed E-state index contributed by atoms with van der Waals surface area (Å²) >= 11 is 0. The van der Waals surface area contributed by atoms with E-state index >= 15 is 0 Å². The van der Waals surface area contributed by atoms with E-state index in [0.717, 1.165) is 11.7 Å². The Bertz CT molecular complexity index is 823. The summed E-state index contributed by atoms with van der Waals surface area (Å²) < 4.78 is 1.42. The highest BCUT2D eigenvalue weighted by atomic mass is 16.4. The van der Waals surface area contributed by atoms with E-state index in [9.17, 15) is 9.59 Å². The minimum absolute atomic E-state index is 0.0870. The molecule has 0 bridgehead atoms. The number of hydrogen-bond acceptors (Lipinski definition) is 4. The maximum Gasteiger partial charge on any atom is 0.338 e. The van der Waals surface area contributed by atoms with Crippen LogP contribution in [0.1, 0.15) is 20.7 Å². The van der Waals surface area contributed by atoms with E-state index < -0.39 is 5.97 Å². The fourth-order valence-corrected chi connectivity index (χ4v) is 2.00. The van der Waals surface area contributed by atoms with Crippen LogP contribution in [-0.2, 0) is 0 Å². The highest BCUT2D eigenvalue weighted by Gasteiger charge is 2.10. The number of pyridine rings is 1. The molecule has 0 amide bonds. The quantitative estimate of drug-likeness (QED) is 0.733. The van der Waals surface area contributed by atoms with E-state index in [-0.39, 0.29) is 5.56 Å². The van der Waals surface area contributed by atoms with Crippen LogP contribution in [0.25, 0.3) is 16.6 Å². The number of aromatic nitrogens is 3. The fourth-order valence-electron chi connectivity index (χ4n) is 2.00. The Morgan fingerprint density at radius 3 is 2.90 bits per heavy atom. The van der Waals surface area contributed by atoms with Crippen LogP contribution in [0.15, 0.2) is 42.9 Å². The van der Waals surface area contributed by atoms with Crippen molar-refractivity contribution in [3.8, 4) is 5.69 Å². The van der Waals surface area contributed by atoms with Gasteiger partial charge in [-0.05, 0) is 18.2 Å². The van der Waals surface area contributed by atoms with Crippen molar-refractivity contribution >= 4 is 23.2 Å². The summed E-state index contributed by atoms with van der Waals surface area (Å²) in [5.74, 6) is -1.05. The molecule has 6 nitrogen and oxygen atoms in total. The summed E-state index contributed by atoms with van der Waals surface area (Å²) in [6.45, 7) is 0. The Balaban J connectivity index is 2.20. The second-order valence-electron chi connectivity index (χ2n) is 4.21. The van der Waals surface area contributed by atoms with Gasteiger partial charge in [-0.25, -0.2) is 9.48 Å². The number of carbonyl (C=O) groups is 2. The van der Waals surface area contributed by atoms with E-state index in [1.54, 1.807) is 24.4 Å². The molecule has 1 N–H and O–H groups in total. The van der Waals surface area contributed by atoms with E-state index in [0.29, 0.717) is 16.8 Å². The predicted molar refractivity (Wildman–Crippen MR) is 71.2 cm³/mol. The van der Waals surface area contributed by atoms with Gasteiger partial charge in [0.05, 0.1) is 23.0 Å². The molecule has 0 aliphatic heterocycles. The van der Waals surface area contributed by atoms with Crippen molar-refractivity contribution < 1.29 is 14.7 Å². The minimum Gasteiger partial charge on any atom is -0.478 e. The summed E-state index contributed by atoms with van der Waals surface area (Å²) in [7, 11) is 0. The van der Waals surface area contributed by atoms with Gasteiger partial charge in [-0.3, -0.25) is 9.78 Å².